The lowest BCUT2D eigenvalue weighted by Crippen LogP contribution is -2.23. The molecule has 2 aromatic heterocycles. The molecule has 2 rings (SSSR count). The fourth-order valence-corrected chi connectivity index (χ4v) is 1.96. The van der Waals surface area contributed by atoms with Crippen LogP contribution in [0.4, 0.5) is 5.82 Å². The first-order valence-electron chi connectivity index (χ1n) is 6.35. The summed E-state index contributed by atoms with van der Waals surface area (Å²) in [7, 11) is 0. The van der Waals surface area contributed by atoms with Crippen LogP contribution >= 0.6 is 0 Å². The van der Waals surface area contributed by atoms with Crippen molar-refractivity contribution in [2.75, 3.05) is 12.0 Å². The van der Waals surface area contributed by atoms with E-state index >= 15 is 0 Å². The molecule has 0 radical (unpaired) electrons. The maximum Gasteiger partial charge on any atom is 0.144 e. The Bertz CT molecular complexity index is 500. The van der Waals surface area contributed by atoms with Crippen LogP contribution in [0, 0.1) is 0 Å². The van der Waals surface area contributed by atoms with Gasteiger partial charge in [-0.15, -0.1) is 0 Å². The van der Waals surface area contributed by atoms with Crippen LogP contribution in [0.1, 0.15) is 18.1 Å². The molecule has 19 heavy (non-hydrogen) atoms. The Morgan fingerprint density at radius 2 is 1.95 bits per heavy atom. The summed E-state index contributed by atoms with van der Waals surface area (Å²) in [5.74, 6) is 6.21. The van der Waals surface area contributed by atoms with Crippen LogP contribution in [-0.4, -0.2) is 21.4 Å². The molecule has 0 saturated carbocycles. The van der Waals surface area contributed by atoms with Crippen LogP contribution in [0.15, 0.2) is 42.9 Å². The summed E-state index contributed by atoms with van der Waals surface area (Å²) in [6.07, 6.45) is 5.37. The first kappa shape index (κ1) is 13.5. The number of nitrogens with zero attached hydrogens (tertiary/aromatic N) is 3. The minimum Gasteiger partial charge on any atom is -0.308 e. The molecule has 0 atom stereocenters. The number of rotatable bonds is 6. The van der Waals surface area contributed by atoms with Crippen molar-refractivity contribution in [3.8, 4) is 0 Å². The van der Waals surface area contributed by atoms with E-state index in [1.165, 1.54) is 5.56 Å². The van der Waals surface area contributed by atoms with E-state index < -0.39 is 0 Å². The van der Waals surface area contributed by atoms with Crippen LogP contribution < -0.4 is 11.3 Å². The van der Waals surface area contributed by atoms with Crippen LogP contribution in [0.25, 0.3) is 0 Å². The zero-order valence-corrected chi connectivity index (χ0v) is 11.1. The lowest BCUT2D eigenvalue weighted by atomic mass is 10.2. The maximum absolute atomic E-state index is 5.48. The molecular formula is C14H19N5. The summed E-state index contributed by atoms with van der Waals surface area (Å²) < 4.78 is 0. The monoisotopic (exact) mass is 257 g/mol. The van der Waals surface area contributed by atoms with E-state index in [2.05, 4.69) is 27.2 Å². The third-order valence-corrected chi connectivity index (χ3v) is 3.02. The number of pyridine rings is 2. The molecule has 5 nitrogen and oxygen atoms in total. The molecule has 0 saturated heterocycles. The van der Waals surface area contributed by atoms with Gasteiger partial charge in [-0.05, 0) is 30.3 Å². The molecular weight excluding hydrogens is 238 g/mol. The second-order valence-corrected chi connectivity index (χ2v) is 4.31. The SMILES string of the molecule is CCN(Cc1ccncc1)Cc1cccnc1NN. The molecule has 3 N–H and O–H groups in total. The summed E-state index contributed by atoms with van der Waals surface area (Å²) in [5.41, 5.74) is 4.99. The molecule has 2 heterocycles. The second kappa shape index (κ2) is 6.82. The normalized spacial score (nSPS) is 10.7. The Morgan fingerprint density at radius 3 is 2.63 bits per heavy atom. The predicted octanol–water partition coefficient (Wildman–Crippen LogP) is 1.78. The van der Waals surface area contributed by atoms with Gasteiger partial charge in [-0.25, -0.2) is 10.8 Å². The Balaban J connectivity index is 2.07. The van der Waals surface area contributed by atoms with Crippen LogP contribution in [-0.2, 0) is 13.1 Å². The molecule has 5 heteroatoms. The Kier molecular flexibility index (Phi) is 4.83. The highest BCUT2D eigenvalue weighted by Gasteiger charge is 2.08. The van der Waals surface area contributed by atoms with Crippen molar-refractivity contribution in [2.24, 2.45) is 5.84 Å². The van der Waals surface area contributed by atoms with Gasteiger partial charge in [0.1, 0.15) is 5.82 Å². The van der Waals surface area contributed by atoms with E-state index in [0.717, 1.165) is 31.0 Å². The molecule has 2 aromatic rings. The fourth-order valence-electron chi connectivity index (χ4n) is 1.96. The fraction of sp³-hybridized carbons (Fsp3) is 0.286. The van der Waals surface area contributed by atoms with E-state index in [1.54, 1.807) is 6.20 Å². The summed E-state index contributed by atoms with van der Waals surface area (Å²) in [5, 5.41) is 0. The van der Waals surface area contributed by atoms with Gasteiger partial charge in [0.15, 0.2) is 0 Å². The van der Waals surface area contributed by atoms with Crippen molar-refractivity contribution in [3.63, 3.8) is 0 Å². The highest BCUT2D eigenvalue weighted by Crippen LogP contribution is 2.14. The van der Waals surface area contributed by atoms with Crippen molar-refractivity contribution < 1.29 is 0 Å². The lowest BCUT2D eigenvalue weighted by Gasteiger charge is -2.21. The van der Waals surface area contributed by atoms with E-state index in [9.17, 15) is 0 Å². The quantitative estimate of drug-likeness (QED) is 0.610. The summed E-state index contributed by atoms with van der Waals surface area (Å²) >= 11 is 0. The lowest BCUT2D eigenvalue weighted by molar-refractivity contribution is 0.271. The van der Waals surface area contributed by atoms with E-state index in [1.807, 2.05) is 36.7 Å². The van der Waals surface area contributed by atoms with Gasteiger partial charge in [0, 0.05) is 37.2 Å². The number of hydrogen-bond donors (Lipinski definition) is 2. The van der Waals surface area contributed by atoms with Gasteiger partial charge in [0.05, 0.1) is 0 Å². The van der Waals surface area contributed by atoms with E-state index in [0.29, 0.717) is 0 Å². The number of aromatic nitrogens is 2. The van der Waals surface area contributed by atoms with Crippen molar-refractivity contribution in [3.05, 3.63) is 54.0 Å². The molecule has 0 bridgehead atoms. The van der Waals surface area contributed by atoms with Gasteiger partial charge in [-0.1, -0.05) is 13.0 Å². The van der Waals surface area contributed by atoms with Gasteiger partial charge in [0.25, 0.3) is 0 Å². The second-order valence-electron chi connectivity index (χ2n) is 4.31. The average molecular weight is 257 g/mol. The first-order chi connectivity index (χ1) is 9.33. The van der Waals surface area contributed by atoms with E-state index in [-0.39, 0.29) is 0 Å². The molecule has 0 spiro atoms. The third-order valence-electron chi connectivity index (χ3n) is 3.02. The molecule has 0 fully saturated rings. The van der Waals surface area contributed by atoms with Gasteiger partial charge in [-0.3, -0.25) is 9.88 Å². The zero-order chi connectivity index (χ0) is 13.5. The number of nitrogens with one attached hydrogen (secondary N) is 1. The minimum absolute atomic E-state index is 0.732. The average Bonchev–Trinajstić information content (AvgIpc) is 2.48. The zero-order valence-electron chi connectivity index (χ0n) is 11.1. The molecule has 0 aliphatic rings. The Morgan fingerprint density at radius 1 is 1.16 bits per heavy atom. The maximum atomic E-state index is 5.48. The topological polar surface area (TPSA) is 67.1 Å². The summed E-state index contributed by atoms with van der Waals surface area (Å²) in [6, 6.07) is 8.04. The first-order valence-corrected chi connectivity index (χ1v) is 6.35. The highest BCUT2D eigenvalue weighted by molar-refractivity contribution is 5.42. The van der Waals surface area contributed by atoms with Gasteiger partial charge < -0.3 is 5.43 Å². The number of anilines is 1. The van der Waals surface area contributed by atoms with Crippen molar-refractivity contribution in [1.29, 1.82) is 0 Å². The number of nitrogen functional groups attached to an aromatic ring is 1. The van der Waals surface area contributed by atoms with Crippen molar-refractivity contribution in [2.45, 2.75) is 20.0 Å². The van der Waals surface area contributed by atoms with Gasteiger partial charge in [-0.2, -0.15) is 0 Å². The number of hydrazine groups is 1. The van der Waals surface area contributed by atoms with Gasteiger partial charge >= 0.3 is 0 Å². The number of hydrogen-bond acceptors (Lipinski definition) is 5. The largest absolute Gasteiger partial charge is 0.308 e. The molecule has 0 aromatic carbocycles. The predicted molar refractivity (Wildman–Crippen MR) is 76.1 cm³/mol. The molecule has 0 aliphatic heterocycles. The van der Waals surface area contributed by atoms with E-state index in [4.69, 9.17) is 5.84 Å². The van der Waals surface area contributed by atoms with Crippen molar-refractivity contribution >= 4 is 5.82 Å². The minimum atomic E-state index is 0.732. The standard InChI is InChI=1S/C14H19N5/c1-2-19(10-12-5-8-16-9-6-12)11-13-4-3-7-17-14(13)18-15/h3-9H,2,10-11,15H2,1H3,(H,17,18). The van der Waals surface area contributed by atoms with Crippen molar-refractivity contribution in [1.82, 2.24) is 14.9 Å². The number of nitrogens with two attached hydrogens (primary N) is 1. The molecule has 100 valence electrons. The highest BCUT2D eigenvalue weighted by atomic mass is 15.3. The van der Waals surface area contributed by atoms with Crippen LogP contribution in [0.2, 0.25) is 0 Å². The van der Waals surface area contributed by atoms with Crippen LogP contribution in [0.3, 0.4) is 0 Å². The Hall–Kier alpha value is -1.98. The summed E-state index contributed by atoms with van der Waals surface area (Å²) in [6.45, 7) is 4.80. The molecule has 0 unspecified atom stereocenters. The Labute approximate surface area is 113 Å². The van der Waals surface area contributed by atoms with Crippen LogP contribution in [0.5, 0.6) is 0 Å². The summed E-state index contributed by atoms with van der Waals surface area (Å²) in [4.78, 5) is 10.6. The molecule has 0 aliphatic carbocycles. The van der Waals surface area contributed by atoms with Gasteiger partial charge in [0.2, 0.25) is 0 Å². The smallest absolute Gasteiger partial charge is 0.144 e. The third kappa shape index (κ3) is 3.74. The molecule has 0 amide bonds.